The Morgan fingerprint density at radius 2 is 2.12 bits per heavy atom. The third-order valence-electron chi connectivity index (χ3n) is 4.66. The van der Waals surface area contributed by atoms with Crippen LogP contribution >= 0.6 is 11.3 Å². The quantitative estimate of drug-likeness (QED) is 0.843. The fraction of sp³-hybridized carbons (Fsp3) is 0.400. The van der Waals surface area contributed by atoms with E-state index in [0.29, 0.717) is 31.5 Å². The van der Waals surface area contributed by atoms with Crippen LogP contribution in [0.15, 0.2) is 36.4 Å². The number of piperidine rings is 1. The van der Waals surface area contributed by atoms with Crippen LogP contribution < -0.4 is 5.32 Å². The van der Waals surface area contributed by atoms with E-state index in [2.05, 4.69) is 24.4 Å². The molecule has 0 bridgehead atoms. The minimum Gasteiger partial charge on any atom is -0.355 e. The van der Waals surface area contributed by atoms with E-state index in [1.54, 1.807) is 34.4 Å². The van der Waals surface area contributed by atoms with Gasteiger partial charge in [-0.15, -0.1) is 11.3 Å². The molecule has 2 heterocycles. The predicted molar refractivity (Wildman–Crippen MR) is 100 cm³/mol. The first-order valence-corrected chi connectivity index (χ1v) is 9.69. The largest absolute Gasteiger partial charge is 0.355 e. The first-order chi connectivity index (χ1) is 12.5. The molecule has 1 fully saturated rings. The molecule has 1 aromatic carbocycles. The second-order valence-corrected chi connectivity index (χ2v) is 8.03. The van der Waals surface area contributed by atoms with Gasteiger partial charge in [0, 0.05) is 41.4 Å². The van der Waals surface area contributed by atoms with Crippen molar-refractivity contribution in [3.8, 4) is 0 Å². The van der Waals surface area contributed by atoms with Crippen molar-refractivity contribution < 1.29 is 14.0 Å². The lowest BCUT2D eigenvalue weighted by molar-refractivity contribution is -0.138. The van der Waals surface area contributed by atoms with Gasteiger partial charge in [0.1, 0.15) is 5.82 Å². The van der Waals surface area contributed by atoms with Crippen molar-refractivity contribution in [1.29, 1.82) is 0 Å². The average molecular weight is 374 g/mol. The molecule has 3 rings (SSSR count). The molecule has 1 aromatic heterocycles. The number of hydrogen-bond donors (Lipinski definition) is 1. The Kier molecular flexibility index (Phi) is 6.04. The number of nitrogens with one attached hydrogen (secondary N) is 1. The zero-order chi connectivity index (χ0) is 18.5. The van der Waals surface area contributed by atoms with E-state index in [1.807, 2.05) is 0 Å². The molecule has 2 amide bonds. The first-order valence-electron chi connectivity index (χ1n) is 8.87. The maximum absolute atomic E-state index is 13.8. The molecule has 1 aliphatic heterocycles. The van der Waals surface area contributed by atoms with Gasteiger partial charge >= 0.3 is 0 Å². The number of benzene rings is 1. The van der Waals surface area contributed by atoms with Crippen LogP contribution in [-0.4, -0.2) is 29.8 Å². The van der Waals surface area contributed by atoms with E-state index in [1.165, 1.54) is 15.8 Å². The summed E-state index contributed by atoms with van der Waals surface area (Å²) in [6.45, 7) is 3.22. The van der Waals surface area contributed by atoms with Gasteiger partial charge in [0.25, 0.3) is 0 Å². The minimum absolute atomic E-state index is 0.0219. The van der Waals surface area contributed by atoms with Crippen LogP contribution in [0.25, 0.3) is 0 Å². The summed E-state index contributed by atoms with van der Waals surface area (Å²) in [5.41, 5.74) is 0.481. The van der Waals surface area contributed by atoms with Gasteiger partial charge in [-0.05, 0) is 38.0 Å². The molecule has 0 radical (unpaired) electrons. The highest BCUT2D eigenvalue weighted by Gasteiger charge is 2.30. The van der Waals surface area contributed by atoms with E-state index in [4.69, 9.17) is 0 Å². The van der Waals surface area contributed by atoms with Gasteiger partial charge in [0.2, 0.25) is 11.8 Å². The van der Waals surface area contributed by atoms with Gasteiger partial charge in [-0.3, -0.25) is 9.59 Å². The number of halogens is 1. The summed E-state index contributed by atoms with van der Waals surface area (Å²) in [6, 6.07) is 10.6. The summed E-state index contributed by atoms with van der Waals surface area (Å²) >= 11 is 1.74. The average Bonchev–Trinajstić information content (AvgIpc) is 3.04. The Labute approximate surface area is 157 Å². The Hall–Kier alpha value is -2.21. The highest BCUT2D eigenvalue weighted by molar-refractivity contribution is 7.11. The number of rotatable bonds is 6. The van der Waals surface area contributed by atoms with Crippen LogP contribution in [0.1, 0.15) is 28.2 Å². The van der Waals surface area contributed by atoms with Crippen molar-refractivity contribution in [2.75, 3.05) is 13.1 Å². The molecule has 1 aliphatic rings. The molecule has 0 saturated carbocycles. The molecule has 138 valence electrons. The number of nitrogens with zero attached hydrogens (tertiary/aromatic N) is 1. The summed E-state index contributed by atoms with van der Waals surface area (Å²) in [7, 11) is 0. The summed E-state index contributed by atoms with van der Waals surface area (Å²) in [5, 5.41) is 2.98. The molecular weight excluding hydrogens is 351 g/mol. The lowest BCUT2D eigenvalue weighted by Gasteiger charge is -2.32. The third kappa shape index (κ3) is 4.69. The molecule has 0 aliphatic carbocycles. The van der Waals surface area contributed by atoms with Crippen LogP contribution in [-0.2, 0) is 22.6 Å². The molecule has 26 heavy (non-hydrogen) atoms. The second-order valence-electron chi connectivity index (χ2n) is 6.65. The number of likely N-dealkylation sites (tertiary alicyclic amines) is 1. The van der Waals surface area contributed by atoms with E-state index >= 15 is 0 Å². The van der Waals surface area contributed by atoms with Gasteiger partial charge in [-0.2, -0.15) is 0 Å². The number of hydrogen-bond acceptors (Lipinski definition) is 3. The topological polar surface area (TPSA) is 49.4 Å². The third-order valence-corrected chi connectivity index (χ3v) is 5.72. The summed E-state index contributed by atoms with van der Waals surface area (Å²) in [5.74, 6) is -0.599. The smallest absolute Gasteiger partial charge is 0.224 e. The van der Waals surface area contributed by atoms with Crippen molar-refractivity contribution in [2.45, 2.75) is 32.7 Å². The van der Waals surface area contributed by atoms with Crippen LogP contribution in [0.3, 0.4) is 0 Å². The van der Waals surface area contributed by atoms with Crippen molar-refractivity contribution >= 4 is 23.2 Å². The summed E-state index contributed by atoms with van der Waals surface area (Å²) in [6.07, 6.45) is 1.70. The Balaban J connectivity index is 1.52. The Morgan fingerprint density at radius 3 is 2.85 bits per heavy atom. The van der Waals surface area contributed by atoms with E-state index in [0.717, 1.165) is 6.42 Å². The standard InChI is InChI=1S/C20H23FN2O2S/c1-14-6-8-17(26-14)10-11-22-20(25)16-7-9-19(24)23(13-16)12-15-4-2-3-5-18(15)21/h2-6,8,16H,7,9-13H2,1H3,(H,22,25)/t16-/m0/s1. The highest BCUT2D eigenvalue weighted by Crippen LogP contribution is 2.21. The lowest BCUT2D eigenvalue weighted by atomic mass is 9.96. The van der Waals surface area contributed by atoms with Crippen LogP contribution in [0, 0.1) is 18.7 Å². The molecule has 1 N–H and O–H groups in total. The monoisotopic (exact) mass is 374 g/mol. The molecule has 0 spiro atoms. The molecular formula is C20H23FN2O2S. The zero-order valence-corrected chi connectivity index (χ0v) is 15.7. The maximum Gasteiger partial charge on any atom is 0.224 e. The SMILES string of the molecule is Cc1ccc(CCNC(=O)[C@H]2CCC(=O)N(Cc3ccccc3F)C2)s1. The molecule has 6 heteroatoms. The van der Waals surface area contributed by atoms with Gasteiger partial charge in [0.05, 0.1) is 5.92 Å². The normalized spacial score (nSPS) is 17.4. The van der Waals surface area contributed by atoms with Crippen LogP contribution in [0.4, 0.5) is 4.39 Å². The fourth-order valence-electron chi connectivity index (χ4n) is 3.19. The summed E-state index contributed by atoms with van der Waals surface area (Å²) < 4.78 is 13.8. The van der Waals surface area contributed by atoms with Crippen LogP contribution in [0.2, 0.25) is 0 Å². The summed E-state index contributed by atoms with van der Waals surface area (Å²) in [4.78, 5) is 28.7. The van der Waals surface area contributed by atoms with Crippen molar-refractivity contribution in [3.05, 3.63) is 57.5 Å². The van der Waals surface area contributed by atoms with Crippen molar-refractivity contribution in [2.24, 2.45) is 5.92 Å². The van der Waals surface area contributed by atoms with Gasteiger partial charge in [0.15, 0.2) is 0 Å². The maximum atomic E-state index is 13.8. The van der Waals surface area contributed by atoms with Gasteiger partial charge in [-0.1, -0.05) is 18.2 Å². The second kappa shape index (κ2) is 8.45. The number of carbonyl (C=O) groups excluding carboxylic acids is 2. The van der Waals surface area contributed by atoms with Crippen molar-refractivity contribution in [1.82, 2.24) is 10.2 Å². The van der Waals surface area contributed by atoms with E-state index in [9.17, 15) is 14.0 Å². The van der Waals surface area contributed by atoms with E-state index in [-0.39, 0.29) is 30.1 Å². The number of amides is 2. The predicted octanol–water partition coefficient (Wildman–Crippen LogP) is 3.29. The van der Waals surface area contributed by atoms with Crippen molar-refractivity contribution in [3.63, 3.8) is 0 Å². The minimum atomic E-state index is -0.321. The van der Waals surface area contributed by atoms with E-state index < -0.39 is 0 Å². The molecule has 2 aromatic rings. The number of thiophene rings is 1. The zero-order valence-electron chi connectivity index (χ0n) is 14.8. The fourth-order valence-corrected chi connectivity index (χ4v) is 4.08. The Morgan fingerprint density at radius 1 is 1.31 bits per heavy atom. The molecule has 1 saturated heterocycles. The molecule has 0 unspecified atom stereocenters. The lowest BCUT2D eigenvalue weighted by Crippen LogP contribution is -2.45. The number of carbonyl (C=O) groups is 2. The highest BCUT2D eigenvalue weighted by atomic mass is 32.1. The molecule has 1 atom stereocenters. The first kappa shape index (κ1) is 18.6. The number of aryl methyl sites for hydroxylation is 1. The van der Waals surface area contributed by atoms with Crippen LogP contribution in [0.5, 0.6) is 0 Å². The van der Waals surface area contributed by atoms with Gasteiger partial charge < -0.3 is 10.2 Å². The van der Waals surface area contributed by atoms with Gasteiger partial charge in [-0.25, -0.2) is 4.39 Å². The molecule has 4 nitrogen and oxygen atoms in total. The Bertz CT molecular complexity index is 790.